The molecule has 0 heterocycles. The minimum absolute atomic E-state index is 0.111. The number of hydrogen-bond donors (Lipinski definition) is 0. The van der Waals surface area contributed by atoms with Crippen LogP contribution in [0.5, 0.6) is 0 Å². The molecular weight excluding hydrogens is 259 g/mol. The predicted molar refractivity (Wildman–Crippen MR) is 66.0 cm³/mol. The minimum atomic E-state index is -4.38. The zero-order valence-electron chi connectivity index (χ0n) is 10.8. The van der Waals surface area contributed by atoms with E-state index in [4.69, 9.17) is 0 Å². The van der Waals surface area contributed by atoms with Crippen LogP contribution in [-0.4, -0.2) is 26.7 Å². The second kappa shape index (κ2) is 6.45. The van der Waals surface area contributed by atoms with E-state index in [0.29, 0.717) is 13.0 Å². The number of ether oxygens (including phenoxy) is 1. The van der Waals surface area contributed by atoms with Crippen molar-refractivity contribution in [1.29, 1.82) is 0 Å². The Labute approximate surface area is 110 Å². The van der Waals surface area contributed by atoms with Gasteiger partial charge in [-0.25, -0.2) is 0 Å². The van der Waals surface area contributed by atoms with Gasteiger partial charge in [0.25, 0.3) is 0 Å². The Kier molecular flexibility index (Phi) is 5.20. The molecule has 1 aromatic rings. The van der Waals surface area contributed by atoms with Crippen molar-refractivity contribution in [2.75, 3.05) is 25.6 Å². The predicted octanol–water partition coefficient (Wildman–Crippen LogP) is 3.09. The van der Waals surface area contributed by atoms with Gasteiger partial charge in [0.1, 0.15) is 0 Å². The first-order valence-corrected chi connectivity index (χ1v) is 5.80. The third kappa shape index (κ3) is 4.46. The van der Waals surface area contributed by atoms with Crippen LogP contribution in [0.2, 0.25) is 0 Å². The topological polar surface area (TPSA) is 29.5 Å². The summed E-state index contributed by atoms with van der Waals surface area (Å²) in [5.41, 5.74) is -0.560. The van der Waals surface area contributed by atoms with Crippen molar-refractivity contribution in [3.8, 4) is 0 Å². The quantitative estimate of drug-likeness (QED) is 0.773. The number of anilines is 1. The largest absolute Gasteiger partial charge is 0.469 e. The van der Waals surface area contributed by atoms with Crippen molar-refractivity contribution in [1.82, 2.24) is 0 Å². The average molecular weight is 275 g/mol. The van der Waals surface area contributed by atoms with Gasteiger partial charge >= 0.3 is 12.1 Å². The van der Waals surface area contributed by atoms with E-state index in [1.54, 1.807) is 13.1 Å². The summed E-state index contributed by atoms with van der Waals surface area (Å²) in [6.07, 6.45) is -3.75. The molecule has 0 saturated heterocycles. The standard InChI is InChI=1S/C13H16F3NO2/c1-17(9-5-8-12(18)19-2)11-7-4-3-6-10(11)13(14,15)16/h3-4,6-7H,5,8-9H2,1-2H3. The fourth-order valence-electron chi connectivity index (χ4n) is 1.73. The maximum absolute atomic E-state index is 12.8. The number of alkyl halides is 3. The smallest absolute Gasteiger partial charge is 0.418 e. The number of carbonyl (C=O) groups excluding carboxylic acids is 1. The van der Waals surface area contributed by atoms with Crippen LogP contribution in [0.25, 0.3) is 0 Å². The molecule has 3 nitrogen and oxygen atoms in total. The van der Waals surface area contributed by atoms with Gasteiger partial charge in [-0.3, -0.25) is 4.79 Å². The summed E-state index contributed by atoms with van der Waals surface area (Å²) in [4.78, 5) is 12.4. The van der Waals surface area contributed by atoms with Gasteiger partial charge in [0.2, 0.25) is 0 Å². The van der Waals surface area contributed by atoms with Crippen LogP contribution < -0.4 is 4.90 Å². The first kappa shape index (κ1) is 15.3. The Balaban J connectivity index is 2.72. The molecule has 1 rings (SSSR count). The van der Waals surface area contributed by atoms with Gasteiger partial charge in [-0.05, 0) is 18.6 Å². The van der Waals surface area contributed by atoms with Crippen molar-refractivity contribution >= 4 is 11.7 Å². The van der Waals surface area contributed by atoms with Gasteiger partial charge in [-0.15, -0.1) is 0 Å². The SMILES string of the molecule is COC(=O)CCCN(C)c1ccccc1C(F)(F)F. The van der Waals surface area contributed by atoms with E-state index < -0.39 is 11.7 Å². The molecule has 0 aliphatic heterocycles. The molecule has 0 fully saturated rings. The average Bonchev–Trinajstić information content (AvgIpc) is 2.37. The van der Waals surface area contributed by atoms with Gasteiger partial charge in [-0.2, -0.15) is 13.2 Å². The molecule has 0 saturated carbocycles. The number of rotatable bonds is 5. The van der Waals surface area contributed by atoms with Crippen LogP contribution in [0.4, 0.5) is 18.9 Å². The molecule has 0 amide bonds. The van der Waals surface area contributed by atoms with E-state index in [9.17, 15) is 18.0 Å². The first-order chi connectivity index (χ1) is 8.86. The second-order valence-electron chi connectivity index (χ2n) is 4.12. The zero-order chi connectivity index (χ0) is 14.5. The van der Waals surface area contributed by atoms with Gasteiger partial charge in [0.05, 0.1) is 12.7 Å². The second-order valence-corrected chi connectivity index (χ2v) is 4.12. The Morgan fingerprint density at radius 1 is 1.32 bits per heavy atom. The van der Waals surface area contributed by atoms with E-state index >= 15 is 0 Å². The summed E-state index contributed by atoms with van der Waals surface area (Å²) in [6, 6.07) is 5.38. The Bertz CT molecular complexity index is 432. The lowest BCUT2D eigenvalue weighted by Gasteiger charge is -2.23. The number of para-hydroxylation sites is 1. The maximum atomic E-state index is 12.8. The molecule has 0 spiro atoms. The third-order valence-corrected chi connectivity index (χ3v) is 2.72. The van der Waals surface area contributed by atoms with E-state index in [2.05, 4.69) is 4.74 Å². The van der Waals surface area contributed by atoms with Crippen LogP contribution in [0, 0.1) is 0 Å². The van der Waals surface area contributed by atoms with Crippen LogP contribution in [0.1, 0.15) is 18.4 Å². The molecular formula is C13H16F3NO2. The normalized spacial score (nSPS) is 11.2. The molecule has 0 N–H and O–H groups in total. The molecule has 0 aromatic heterocycles. The lowest BCUT2D eigenvalue weighted by atomic mass is 10.1. The van der Waals surface area contributed by atoms with Crippen molar-refractivity contribution in [2.24, 2.45) is 0 Å². The van der Waals surface area contributed by atoms with E-state index in [0.717, 1.165) is 6.07 Å². The number of esters is 1. The first-order valence-electron chi connectivity index (χ1n) is 5.80. The van der Waals surface area contributed by atoms with Crippen molar-refractivity contribution in [3.63, 3.8) is 0 Å². The van der Waals surface area contributed by atoms with Crippen molar-refractivity contribution in [2.45, 2.75) is 19.0 Å². The zero-order valence-corrected chi connectivity index (χ0v) is 10.8. The fraction of sp³-hybridized carbons (Fsp3) is 0.462. The molecule has 1 aromatic carbocycles. The molecule has 0 radical (unpaired) electrons. The van der Waals surface area contributed by atoms with Crippen LogP contribution in [0.3, 0.4) is 0 Å². The van der Waals surface area contributed by atoms with E-state index in [-0.39, 0.29) is 18.1 Å². The summed E-state index contributed by atoms with van der Waals surface area (Å²) >= 11 is 0. The Morgan fingerprint density at radius 2 is 1.95 bits per heavy atom. The van der Waals surface area contributed by atoms with Crippen LogP contribution >= 0.6 is 0 Å². The minimum Gasteiger partial charge on any atom is -0.469 e. The molecule has 19 heavy (non-hydrogen) atoms. The highest BCUT2D eigenvalue weighted by Crippen LogP contribution is 2.35. The third-order valence-electron chi connectivity index (χ3n) is 2.72. The number of halogens is 3. The molecule has 0 atom stereocenters. The van der Waals surface area contributed by atoms with E-state index in [1.807, 2.05) is 0 Å². The summed E-state index contributed by atoms with van der Waals surface area (Å²) < 4.78 is 42.9. The molecule has 0 aliphatic carbocycles. The highest BCUT2D eigenvalue weighted by atomic mass is 19.4. The summed E-state index contributed by atoms with van der Waals surface area (Å²) in [6.45, 7) is 0.349. The number of nitrogens with zero attached hydrogens (tertiary/aromatic N) is 1. The summed E-state index contributed by atoms with van der Waals surface area (Å²) in [7, 11) is 2.85. The maximum Gasteiger partial charge on any atom is 0.418 e. The lowest BCUT2D eigenvalue weighted by molar-refractivity contribution is -0.140. The summed E-state index contributed by atoms with van der Waals surface area (Å²) in [5, 5.41) is 0. The van der Waals surface area contributed by atoms with Crippen molar-refractivity contribution < 1.29 is 22.7 Å². The van der Waals surface area contributed by atoms with Gasteiger partial charge in [-0.1, -0.05) is 12.1 Å². The molecule has 0 unspecified atom stereocenters. The number of hydrogen-bond acceptors (Lipinski definition) is 3. The van der Waals surface area contributed by atoms with Crippen molar-refractivity contribution in [3.05, 3.63) is 29.8 Å². The van der Waals surface area contributed by atoms with Crippen LogP contribution in [-0.2, 0) is 15.7 Å². The number of benzene rings is 1. The molecule has 0 bridgehead atoms. The molecule has 6 heteroatoms. The Morgan fingerprint density at radius 3 is 2.53 bits per heavy atom. The fourth-order valence-corrected chi connectivity index (χ4v) is 1.73. The van der Waals surface area contributed by atoms with Gasteiger partial charge < -0.3 is 9.64 Å². The highest BCUT2D eigenvalue weighted by Gasteiger charge is 2.33. The monoisotopic (exact) mass is 275 g/mol. The van der Waals surface area contributed by atoms with Gasteiger partial charge in [0.15, 0.2) is 0 Å². The summed E-state index contributed by atoms with van der Waals surface area (Å²) in [5.74, 6) is -0.363. The number of methoxy groups -OCH3 is 1. The van der Waals surface area contributed by atoms with Crippen LogP contribution in [0.15, 0.2) is 24.3 Å². The lowest BCUT2D eigenvalue weighted by Crippen LogP contribution is -2.23. The van der Waals surface area contributed by atoms with Gasteiger partial charge in [0, 0.05) is 25.7 Å². The highest BCUT2D eigenvalue weighted by molar-refractivity contribution is 5.69. The van der Waals surface area contributed by atoms with E-state index in [1.165, 1.54) is 24.1 Å². The number of carbonyl (C=O) groups is 1. The Hall–Kier alpha value is -1.72. The molecule has 0 aliphatic rings. The molecule has 106 valence electrons.